The van der Waals surface area contributed by atoms with E-state index < -0.39 is 24.5 Å². The zero-order valence-corrected chi connectivity index (χ0v) is 16.3. The number of alkyl halides is 3. The molecule has 0 bridgehead atoms. The first-order valence-electron chi connectivity index (χ1n) is 9.64. The Bertz CT molecular complexity index is 970. The van der Waals surface area contributed by atoms with E-state index in [4.69, 9.17) is 14.2 Å². The fourth-order valence-electron chi connectivity index (χ4n) is 4.26. The topological polar surface area (TPSA) is 65.0 Å². The van der Waals surface area contributed by atoms with Crippen LogP contribution in [0.5, 0.6) is 11.5 Å². The maximum absolute atomic E-state index is 13.2. The molecule has 0 saturated carbocycles. The van der Waals surface area contributed by atoms with Crippen LogP contribution >= 0.6 is 0 Å². The minimum Gasteiger partial charge on any atom is -0.492 e. The summed E-state index contributed by atoms with van der Waals surface area (Å²) in [6.45, 7) is -0.292. The largest absolute Gasteiger partial charge is 0.492 e. The van der Waals surface area contributed by atoms with E-state index in [0.717, 1.165) is 11.6 Å². The molecule has 0 amide bonds. The number of fused-ring (bicyclic) bond motifs is 2. The summed E-state index contributed by atoms with van der Waals surface area (Å²) >= 11 is 0. The van der Waals surface area contributed by atoms with Crippen molar-refractivity contribution in [3.05, 3.63) is 58.1 Å². The molecule has 2 atom stereocenters. The molecule has 0 aromatic heterocycles. The number of halogens is 3. The lowest BCUT2D eigenvalue weighted by atomic mass is 9.97. The first kappa shape index (κ1) is 20.5. The van der Waals surface area contributed by atoms with Crippen molar-refractivity contribution in [3.63, 3.8) is 0 Å². The van der Waals surface area contributed by atoms with Gasteiger partial charge in [0, 0.05) is 17.5 Å². The normalized spacial score (nSPS) is 19.8. The van der Waals surface area contributed by atoms with Crippen LogP contribution in [-0.2, 0) is 28.7 Å². The van der Waals surface area contributed by atoms with Crippen molar-refractivity contribution >= 4 is 5.97 Å². The molecule has 2 aromatic carbocycles. The Labute approximate surface area is 171 Å². The van der Waals surface area contributed by atoms with Gasteiger partial charge in [0.15, 0.2) is 0 Å². The Morgan fingerprint density at radius 3 is 2.70 bits per heavy atom. The molecule has 8 heteroatoms. The molecule has 1 N–H and O–H groups in total. The quantitative estimate of drug-likeness (QED) is 0.728. The van der Waals surface area contributed by atoms with E-state index in [-0.39, 0.29) is 23.9 Å². The van der Waals surface area contributed by atoms with Crippen molar-refractivity contribution in [2.45, 2.75) is 44.1 Å². The second kappa shape index (κ2) is 7.83. The fourth-order valence-corrected chi connectivity index (χ4v) is 4.26. The van der Waals surface area contributed by atoms with Gasteiger partial charge in [-0.1, -0.05) is 12.1 Å². The van der Waals surface area contributed by atoms with Gasteiger partial charge in [0.05, 0.1) is 32.3 Å². The first-order chi connectivity index (χ1) is 14.3. The van der Waals surface area contributed by atoms with Crippen LogP contribution in [0.3, 0.4) is 0 Å². The molecule has 1 unspecified atom stereocenters. The van der Waals surface area contributed by atoms with Gasteiger partial charge in [-0.25, -0.2) is 0 Å². The summed E-state index contributed by atoms with van der Waals surface area (Å²) in [5.41, 5.74) is 1.20. The van der Waals surface area contributed by atoms with Crippen LogP contribution in [0.4, 0.5) is 13.2 Å². The molecule has 2 aromatic rings. The van der Waals surface area contributed by atoms with Crippen molar-refractivity contribution in [2.75, 3.05) is 13.7 Å². The van der Waals surface area contributed by atoms with Crippen molar-refractivity contribution in [3.8, 4) is 11.5 Å². The van der Waals surface area contributed by atoms with E-state index >= 15 is 0 Å². The fraction of sp³-hybridized carbons (Fsp3) is 0.409. The zero-order valence-electron chi connectivity index (χ0n) is 16.3. The highest BCUT2D eigenvalue weighted by Gasteiger charge is 2.37. The Balaban J connectivity index is 1.55. The molecule has 0 spiro atoms. The number of ether oxygens (including phenoxy) is 3. The number of hydrogen-bond donors (Lipinski definition) is 1. The lowest BCUT2D eigenvalue weighted by Gasteiger charge is -2.18. The number of benzene rings is 2. The minimum absolute atomic E-state index is 0.0750. The first-order valence-corrected chi connectivity index (χ1v) is 9.64. The standard InChI is InChI=1S/C22H21F3O5/c1-28-21(27)8-12-11-29-20-9-13(2-3-14(12)20)30-19-7-5-15-16(19)4-6-18(17(15)10-26)22(23,24)25/h2-4,6,9,12,19,26H,5,7-8,10-11H2,1H3/t12?,19-/m1/s1. The lowest BCUT2D eigenvalue weighted by Crippen LogP contribution is -2.12. The predicted molar refractivity (Wildman–Crippen MR) is 100 cm³/mol. The molecule has 160 valence electrons. The smallest absolute Gasteiger partial charge is 0.416 e. The van der Waals surface area contributed by atoms with Crippen LogP contribution in [0.25, 0.3) is 0 Å². The zero-order chi connectivity index (χ0) is 21.5. The number of aliphatic hydroxyl groups is 1. The Morgan fingerprint density at radius 2 is 2.00 bits per heavy atom. The van der Waals surface area contributed by atoms with E-state index in [2.05, 4.69) is 0 Å². The number of carbonyl (C=O) groups is 1. The van der Waals surface area contributed by atoms with Crippen LogP contribution in [0.1, 0.15) is 52.7 Å². The summed E-state index contributed by atoms with van der Waals surface area (Å²) in [5.74, 6) is 0.776. The summed E-state index contributed by atoms with van der Waals surface area (Å²) in [6.07, 6.45) is -3.76. The van der Waals surface area contributed by atoms with Crippen molar-refractivity contribution in [2.24, 2.45) is 0 Å². The van der Waals surface area contributed by atoms with Crippen LogP contribution < -0.4 is 9.47 Å². The van der Waals surface area contributed by atoms with Gasteiger partial charge in [-0.05, 0) is 41.7 Å². The Kier molecular flexibility index (Phi) is 5.36. The van der Waals surface area contributed by atoms with Crippen LogP contribution in [0.2, 0.25) is 0 Å². The average molecular weight is 422 g/mol. The second-order valence-electron chi connectivity index (χ2n) is 7.45. The van der Waals surface area contributed by atoms with E-state index in [1.807, 2.05) is 6.07 Å². The van der Waals surface area contributed by atoms with Gasteiger partial charge >= 0.3 is 12.1 Å². The average Bonchev–Trinajstić information content (AvgIpc) is 3.30. The molecular formula is C22H21F3O5. The van der Waals surface area contributed by atoms with Gasteiger partial charge in [-0.15, -0.1) is 0 Å². The number of carbonyl (C=O) groups excluding carboxylic acids is 1. The van der Waals surface area contributed by atoms with Gasteiger partial charge in [0.1, 0.15) is 17.6 Å². The SMILES string of the molecule is COC(=O)CC1COc2cc(O[C@@H]3CCc4c3ccc(C(F)(F)F)c4CO)ccc21. The Hall–Kier alpha value is -2.74. The highest BCUT2D eigenvalue weighted by atomic mass is 19.4. The third-order valence-corrected chi connectivity index (χ3v) is 5.72. The van der Waals surface area contributed by atoms with Gasteiger partial charge in [0.2, 0.25) is 0 Å². The molecule has 1 aliphatic heterocycles. The third kappa shape index (κ3) is 3.71. The number of hydrogen-bond acceptors (Lipinski definition) is 5. The summed E-state index contributed by atoms with van der Waals surface area (Å²) in [5, 5.41) is 9.54. The summed E-state index contributed by atoms with van der Waals surface area (Å²) in [6, 6.07) is 7.79. The molecule has 4 rings (SSSR count). The maximum atomic E-state index is 13.2. The van der Waals surface area contributed by atoms with Gasteiger partial charge in [-0.3, -0.25) is 4.79 Å². The van der Waals surface area contributed by atoms with Crippen molar-refractivity contribution < 1.29 is 37.3 Å². The summed E-state index contributed by atoms with van der Waals surface area (Å²) in [7, 11) is 1.34. The monoisotopic (exact) mass is 422 g/mol. The van der Waals surface area contributed by atoms with Gasteiger partial charge in [-0.2, -0.15) is 13.2 Å². The molecule has 5 nitrogen and oxygen atoms in total. The highest BCUT2D eigenvalue weighted by molar-refractivity contribution is 5.71. The van der Waals surface area contributed by atoms with Gasteiger partial charge in [0.25, 0.3) is 0 Å². The molecular weight excluding hydrogens is 401 g/mol. The van der Waals surface area contributed by atoms with E-state index in [1.165, 1.54) is 13.2 Å². The molecule has 1 heterocycles. The number of rotatable bonds is 5. The van der Waals surface area contributed by atoms with Crippen LogP contribution in [0.15, 0.2) is 30.3 Å². The number of aliphatic hydroxyl groups excluding tert-OH is 1. The molecule has 1 aliphatic carbocycles. The molecule has 2 aliphatic rings. The minimum atomic E-state index is -4.51. The van der Waals surface area contributed by atoms with E-state index in [1.54, 1.807) is 12.1 Å². The molecule has 0 radical (unpaired) electrons. The molecule has 30 heavy (non-hydrogen) atoms. The lowest BCUT2D eigenvalue weighted by molar-refractivity contribution is -0.141. The van der Waals surface area contributed by atoms with Crippen LogP contribution in [-0.4, -0.2) is 24.8 Å². The van der Waals surface area contributed by atoms with Crippen molar-refractivity contribution in [1.29, 1.82) is 0 Å². The highest BCUT2D eigenvalue weighted by Crippen LogP contribution is 2.44. The molecule has 0 saturated heterocycles. The number of methoxy groups -OCH3 is 1. The maximum Gasteiger partial charge on any atom is 0.416 e. The third-order valence-electron chi connectivity index (χ3n) is 5.72. The van der Waals surface area contributed by atoms with E-state index in [9.17, 15) is 23.1 Å². The molecule has 0 fully saturated rings. The number of esters is 1. The second-order valence-corrected chi connectivity index (χ2v) is 7.45. The van der Waals surface area contributed by atoms with Crippen molar-refractivity contribution in [1.82, 2.24) is 0 Å². The summed E-state index contributed by atoms with van der Waals surface area (Å²) < 4.78 is 56.1. The predicted octanol–water partition coefficient (Wildman–Crippen LogP) is 4.30. The van der Waals surface area contributed by atoms with Crippen LogP contribution in [0, 0.1) is 0 Å². The van der Waals surface area contributed by atoms with E-state index in [0.29, 0.717) is 42.1 Å². The van der Waals surface area contributed by atoms with Gasteiger partial charge < -0.3 is 19.3 Å². The Morgan fingerprint density at radius 1 is 1.23 bits per heavy atom. The summed E-state index contributed by atoms with van der Waals surface area (Å²) in [4.78, 5) is 11.5.